The lowest BCUT2D eigenvalue weighted by Gasteiger charge is -2.18. The fourth-order valence-electron chi connectivity index (χ4n) is 8.97. The maximum absolute atomic E-state index is 12.9. The molecule has 1 atom stereocenters. The molecule has 0 rings (SSSR count). The van der Waals surface area contributed by atoms with Crippen LogP contribution in [0, 0.1) is 0 Å². The van der Waals surface area contributed by atoms with E-state index in [0.717, 1.165) is 116 Å². The first-order chi connectivity index (χ1) is 37.5. The summed E-state index contributed by atoms with van der Waals surface area (Å²) in [5.41, 5.74) is 0. The lowest BCUT2D eigenvalue weighted by molar-refractivity contribution is -0.167. The number of carbonyl (C=O) groups excluding carboxylic acids is 3. The fourth-order valence-corrected chi connectivity index (χ4v) is 8.97. The first-order valence-corrected chi connectivity index (χ1v) is 32.2. The van der Waals surface area contributed by atoms with E-state index >= 15 is 0 Å². The van der Waals surface area contributed by atoms with E-state index in [4.69, 9.17) is 14.2 Å². The van der Waals surface area contributed by atoms with Crippen molar-refractivity contribution >= 4 is 17.9 Å². The number of allylic oxidation sites excluding steroid dienone is 16. The van der Waals surface area contributed by atoms with Gasteiger partial charge in [-0.2, -0.15) is 0 Å². The molecule has 6 nitrogen and oxygen atoms in total. The van der Waals surface area contributed by atoms with E-state index in [1.165, 1.54) is 154 Å². The van der Waals surface area contributed by atoms with E-state index in [0.29, 0.717) is 19.3 Å². The second-order valence-electron chi connectivity index (χ2n) is 21.3. The summed E-state index contributed by atoms with van der Waals surface area (Å²) in [5.74, 6) is -0.917. The van der Waals surface area contributed by atoms with Crippen molar-refractivity contribution in [3.63, 3.8) is 0 Å². The monoisotopic (exact) mass is 1060 g/mol. The molecule has 0 spiro atoms. The molecule has 0 fully saturated rings. The molecule has 76 heavy (non-hydrogen) atoms. The molecule has 0 heterocycles. The van der Waals surface area contributed by atoms with Gasteiger partial charge in [-0.3, -0.25) is 14.4 Å². The molecule has 0 saturated carbocycles. The van der Waals surface area contributed by atoms with Crippen LogP contribution in [-0.2, 0) is 28.6 Å². The van der Waals surface area contributed by atoms with Gasteiger partial charge in [0.2, 0.25) is 0 Å². The van der Waals surface area contributed by atoms with Gasteiger partial charge in [-0.15, -0.1) is 0 Å². The van der Waals surface area contributed by atoms with E-state index in [2.05, 4.69) is 118 Å². The molecule has 0 aliphatic rings. The van der Waals surface area contributed by atoms with Crippen LogP contribution in [0.4, 0.5) is 0 Å². The Labute approximate surface area is 470 Å². The summed E-state index contributed by atoms with van der Waals surface area (Å²) in [7, 11) is 0. The molecule has 0 aliphatic heterocycles. The topological polar surface area (TPSA) is 78.9 Å². The largest absolute Gasteiger partial charge is 0.462 e. The maximum atomic E-state index is 12.9. The lowest BCUT2D eigenvalue weighted by Crippen LogP contribution is -2.30. The summed E-state index contributed by atoms with van der Waals surface area (Å²) in [6.45, 7) is 6.50. The van der Waals surface area contributed by atoms with Gasteiger partial charge < -0.3 is 14.2 Å². The van der Waals surface area contributed by atoms with Crippen LogP contribution < -0.4 is 0 Å². The van der Waals surface area contributed by atoms with Gasteiger partial charge in [0.05, 0.1) is 0 Å². The summed E-state index contributed by atoms with van der Waals surface area (Å²) in [4.78, 5) is 38.3. The maximum Gasteiger partial charge on any atom is 0.306 e. The molecule has 436 valence electrons. The predicted molar refractivity (Wildman–Crippen MR) is 330 cm³/mol. The third-order valence-electron chi connectivity index (χ3n) is 13.8. The van der Waals surface area contributed by atoms with E-state index in [-0.39, 0.29) is 31.1 Å². The average molecular weight is 1060 g/mol. The Bertz CT molecular complexity index is 1490. The second-order valence-corrected chi connectivity index (χ2v) is 21.3. The molecule has 0 aromatic carbocycles. The second kappa shape index (κ2) is 63.9. The van der Waals surface area contributed by atoms with Gasteiger partial charge >= 0.3 is 17.9 Å². The summed E-state index contributed by atoms with van der Waals surface area (Å²) < 4.78 is 16.9. The van der Waals surface area contributed by atoms with E-state index in [9.17, 15) is 14.4 Å². The van der Waals surface area contributed by atoms with Crippen molar-refractivity contribution in [2.24, 2.45) is 0 Å². The van der Waals surface area contributed by atoms with Crippen molar-refractivity contribution in [3.8, 4) is 0 Å². The van der Waals surface area contributed by atoms with Crippen LogP contribution >= 0.6 is 0 Å². The number of carbonyl (C=O) groups is 3. The molecular weight excluding hydrogens is 937 g/mol. The highest BCUT2D eigenvalue weighted by molar-refractivity contribution is 5.71. The summed E-state index contributed by atoms with van der Waals surface area (Å²) in [6.07, 6.45) is 85.6. The highest BCUT2D eigenvalue weighted by Gasteiger charge is 2.19. The third-order valence-corrected chi connectivity index (χ3v) is 13.8. The Balaban J connectivity index is 4.33. The number of hydrogen-bond acceptors (Lipinski definition) is 6. The van der Waals surface area contributed by atoms with Gasteiger partial charge in [0.25, 0.3) is 0 Å². The first-order valence-electron chi connectivity index (χ1n) is 32.2. The Morgan fingerprint density at radius 3 is 0.816 bits per heavy atom. The number of unbranched alkanes of at least 4 members (excludes halogenated alkanes) is 31. The van der Waals surface area contributed by atoms with Crippen molar-refractivity contribution in [1.82, 2.24) is 0 Å². The van der Waals surface area contributed by atoms with E-state index in [1.807, 2.05) is 0 Å². The minimum atomic E-state index is -0.796. The molecular formula is C70H120O6. The van der Waals surface area contributed by atoms with Crippen molar-refractivity contribution in [2.45, 2.75) is 316 Å². The number of esters is 3. The highest BCUT2D eigenvalue weighted by atomic mass is 16.6. The van der Waals surface area contributed by atoms with Gasteiger partial charge in [-0.1, -0.05) is 266 Å². The Morgan fingerprint density at radius 2 is 0.513 bits per heavy atom. The zero-order valence-corrected chi connectivity index (χ0v) is 50.0. The van der Waals surface area contributed by atoms with Gasteiger partial charge in [-0.05, 0) is 122 Å². The van der Waals surface area contributed by atoms with Gasteiger partial charge in [0.15, 0.2) is 6.10 Å². The quantitative estimate of drug-likeness (QED) is 0.0261. The van der Waals surface area contributed by atoms with Crippen LogP contribution in [-0.4, -0.2) is 37.2 Å². The molecule has 6 heteroatoms. The molecule has 0 aliphatic carbocycles. The van der Waals surface area contributed by atoms with Crippen LogP contribution in [0.25, 0.3) is 0 Å². The molecule has 0 aromatic heterocycles. The van der Waals surface area contributed by atoms with Gasteiger partial charge in [-0.25, -0.2) is 0 Å². The predicted octanol–water partition coefficient (Wildman–Crippen LogP) is 22.0. The van der Waals surface area contributed by atoms with E-state index < -0.39 is 6.10 Å². The van der Waals surface area contributed by atoms with Crippen molar-refractivity contribution in [3.05, 3.63) is 97.2 Å². The summed E-state index contributed by atoms with van der Waals surface area (Å²) in [5, 5.41) is 0. The normalized spacial score (nSPS) is 12.7. The van der Waals surface area contributed by atoms with Crippen LogP contribution in [0.15, 0.2) is 97.2 Å². The minimum absolute atomic E-state index is 0.0906. The van der Waals surface area contributed by atoms with Crippen LogP contribution in [0.2, 0.25) is 0 Å². The molecule has 1 unspecified atom stereocenters. The highest BCUT2D eigenvalue weighted by Crippen LogP contribution is 2.16. The van der Waals surface area contributed by atoms with Gasteiger partial charge in [0, 0.05) is 19.3 Å². The standard InChI is InChI=1S/C70H120O6/c1-4-7-10-13-16-19-22-25-28-30-31-32-33-34-35-36-37-38-39-41-42-45-48-51-54-57-60-63-69(72)75-66-67(65-74-68(71)62-59-56-53-50-47-44-27-24-21-18-15-12-9-6-3)76-70(73)64-61-58-55-52-49-46-43-40-29-26-23-20-17-14-11-8-5-2/h8,11,17,20,22,24-27,29-31,33-34,43,46,67H,4-7,9-10,12-16,18-19,21,23,28,32,35-42,44-45,47-66H2,1-3H3/b11-8-,20-17-,25-22-,27-24-,29-26-,31-30-,34-33-,46-43-. The minimum Gasteiger partial charge on any atom is -0.462 e. The fraction of sp³-hybridized carbons (Fsp3) is 0.729. The number of rotatable bonds is 58. The molecule has 0 bridgehead atoms. The van der Waals surface area contributed by atoms with Crippen molar-refractivity contribution in [1.29, 1.82) is 0 Å². The zero-order chi connectivity index (χ0) is 55.0. The third kappa shape index (κ3) is 61.2. The molecule has 0 amide bonds. The van der Waals surface area contributed by atoms with Crippen LogP contribution in [0.1, 0.15) is 310 Å². The van der Waals surface area contributed by atoms with Crippen molar-refractivity contribution in [2.75, 3.05) is 13.2 Å². The Kier molecular flexibility index (Phi) is 60.8. The summed E-state index contributed by atoms with van der Waals surface area (Å²) in [6, 6.07) is 0. The molecule has 0 radical (unpaired) electrons. The average Bonchev–Trinajstić information content (AvgIpc) is 3.42. The van der Waals surface area contributed by atoms with Gasteiger partial charge in [0.1, 0.15) is 13.2 Å². The Hall–Kier alpha value is -3.67. The number of hydrogen-bond donors (Lipinski definition) is 0. The van der Waals surface area contributed by atoms with E-state index in [1.54, 1.807) is 0 Å². The molecule has 0 aromatic rings. The van der Waals surface area contributed by atoms with Crippen LogP contribution in [0.5, 0.6) is 0 Å². The Morgan fingerprint density at radius 1 is 0.276 bits per heavy atom. The first kappa shape index (κ1) is 72.3. The smallest absolute Gasteiger partial charge is 0.306 e. The summed E-state index contributed by atoms with van der Waals surface area (Å²) >= 11 is 0. The van der Waals surface area contributed by atoms with Crippen molar-refractivity contribution < 1.29 is 28.6 Å². The molecule has 0 saturated heterocycles. The SMILES string of the molecule is CC/C=C\C/C=C\C/C=C\C/C=C\CCCCCCC(=O)OC(COC(=O)CCCCCCC/C=C\CCCCCCC)COC(=O)CCCCCCCCCCCCCC/C=C\C/C=C\C/C=C\CCCCCCC. The zero-order valence-electron chi connectivity index (χ0n) is 50.0. The lowest BCUT2D eigenvalue weighted by atomic mass is 10.0. The molecule has 0 N–H and O–H groups in total. The number of ether oxygens (including phenoxy) is 3. The van der Waals surface area contributed by atoms with Crippen LogP contribution in [0.3, 0.4) is 0 Å².